The van der Waals surface area contributed by atoms with Crippen molar-refractivity contribution in [2.45, 2.75) is 34.1 Å². The highest BCUT2D eigenvalue weighted by molar-refractivity contribution is 5.90. The predicted molar refractivity (Wildman–Crippen MR) is 91.8 cm³/mol. The van der Waals surface area contributed by atoms with Gasteiger partial charge in [-0.3, -0.25) is 0 Å². The molecular weight excluding hydrogens is 278 g/mol. The number of ether oxygens (including phenoxy) is 1. The van der Waals surface area contributed by atoms with Gasteiger partial charge in [-0.1, -0.05) is 26.8 Å². The van der Waals surface area contributed by atoms with E-state index in [2.05, 4.69) is 36.3 Å². The van der Waals surface area contributed by atoms with Crippen LogP contribution >= 0.6 is 0 Å². The summed E-state index contributed by atoms with van der Waals surface area (Å²) in [6.45, 7) is 12.4. The summed E-state index contributed by atoms with van der Waals surface area (Å²) in [5, 5.41) is 5.74. The molecule has 124 valence electrons. The van der Waals surface area contributed by atoms with Crippen LogP contribution in [0.3, 0.4) is 0 Å². The summed E-state index contributed by atoms with van der Waals surface area (Å²) >= 11 is 0. The van der Waals surface area contributed by atoms with Crippen LogP contribution < -0.4 is 15.4 Å². The van der Waals surface area contributed by atoms with Gasteiger partial charge in [0, 0.05) is 13.1 Å². The molecule has 2 amide bonds. The first-order valence-electron chi connectivity index (χ1n) is 8.11. The van der Waals surface area contributed by atoms with Crippen LogP contribution in [-0.4, -0.2) is 43.7 Å². The first kappa shape index (κ1) is 18.3. The van der Waals surface area contributed by atoms with Crippen molar-refractivity contribution in [3.63, 3.8) is 0 Å². The minimum absolute atomic E-state index is 0.197. The van der Waals surface area contributed by atoms with E-state index in [1.165, 1.54) is 0 Å². The van der Waals surface area contributed by atoms with Gasteiger partial charge in [-0.15, -0.1) is 0 Å². The zero-order valence-corrected chi connectivity index (χ0v) is 14.2. The predicted octanol–water partition coefficient (Wildman–Crippen LogP) is 3.25. The number of hydrogen-bond acceptors (Lipinski definition) is 3. The molecule has 0 aliphatic rings. The highest BCUT2D eigenvalue weighted by Crippen LogP contribution is 2.25. The molecule has 0 bridgehead atoms. The number of amides is 2. The molecule has 1 aromatic carbocycles. The van der Waals surface area contributed by atoms with Gasteiger partial charge in [0.2, 0.25) is 0 Å². The number of nitrogens with one attached hydrogen (secondary N) is 2. The van der Waals surface area contributed by atoms with Crippen LogP contribution in [0.1, 0.15) is 32.8 Å². The fourth-order valence-electron chi connectivity index (χ4n) is 2.10. The summed E-state index contributed by atoms with van der Waals surface area (Å²) in [5.74, 6) is 0.723. The Morgan fingerprint density at radius 3 is 2.59 bits per heavy atom. The molecule has 0 saturated carbocycles. The van der Waals surface area contributed by atoms with Crippen molar-refractivity contribution in [2.24, 2.45) is 0 Å². The molecule has 0 heterocycles. The van der Waals surface area contributed by atoms with E-state index in [9.17, 15) is 4.79 Å². The van der Waals surface area contributed by atoms with E-state index in [-0.39, 0.29) is 6.03 Å². The third kappa shape index (κ3) is 6.35. The van der Waals surface area contributed by atoms with Crippen molar-refractivity contribution in [3.8, 4) is 5.75 Å². The highest BCUT2D eigenvalue weighted by Gasteiger charge is 2.08. The topological polar surface area (TPSA) is 53.6 Å². The van der Waals surface area contributed by atoms with Gasteiger partial charge in [-0.2, -0.15) is 0 Å². The molecular formula is C17H29N3O2. The molecule has 0 aromatic heterocycles. The molecule has 2 N–H and O–H groups in total. The van der Waals surface area contributed by atoms with Gasteiger partial charge in [0.1, 0.15) is 5.75 Å². The molecule has 0 aliphatic heterocycles. The van der Waals surface area contributed by atoms with Gasteiger partial charge in [0.15, 0.2) is 0 Å². The van der Waals surface area contributed by atoms with Gasteiger partial charge in [-0.25, -0.2) is 4.79 Å². The Kier molecular flexibility index (Phi) is 8.36. The van der Waals surface area contributed by atoms with Crippen molar-refractivity contribution < 1.29 is 9.53 Å². The smallest absolute Gasteiger partial charge is 0.319 e. The van der Waals surface area contributed by atoms with Gasteiger partial charge in [0.25, 0.3) is 0 Å². The monoisotopic (exact) mass is 307 g/mol. The molecule has 0 atom stereocenters. The number of nitrogens with zero attached hydrogens (tertiary/aromatic N) is 1. The quantitative estimate of drug-likeness (QED) is 0.736. The van der Waals surface area contributed by atoms with Crippen molar-refractivity contribution in [1.29, 1.82) is 0 Å². The van der Waals surface area contributed by atoms with Crippen LogP contribution in [-0.2, 0) is 0 Å². The fourth-order valence-corrected chi connectivity index (χ4v) is 2.10. The van der Waals surface area contributed by atoms with E-state index < -0.39 is 0 Å². The number of likely N-dealkylation sites (N-methyl/N-ethyl adjacent to an activating group) is 1. The van der Waals surface area contributed by atoms with E-state index in [0.717, 1.165) is 37.4 Å². The number of carbonyl (C=O) groups excluding carboxylic acids is 1. The van der Waals surface area contributed by atoms with Crippen LogP contribution in [0.4, 0.5) is 10.5 Å². The van der Waals surface area contributed by atoms with E-state index in [1.54, 1.807) is 0 Å². The maximum Gasteiger partial charge on any atom is 0.319 e. The lowest BCUT2D eigenvalue weighted by molar-refractivity contribution is 0.247. The summed E-state index contributed by atoms with van der Waals surface area (Å²) in [5.41, 5.74) is 1.82. The largest absolute Gasteiger partial charge is 0.491 e. The molecule has 0 fully saturated rings. The zero-order valence-electron chi connectivity index (χ0n) is 14.2. The lowest BCUT2D eigenvalue weighted by atomic mass is 10.2. The summed E-state index contributed by atoms with van der Waals surface area (Å²) in [7, 11) is 0. The molecule has 0 unspecified atom stereocenters. The summed E-state index contributed by atoms with van der Waals surface area (Å²) in [6, 6.07) is 5.59. The zero-order chi connectivity index (χ0) is 16.4. The standard InChI is InChI=1S/C17H29N3O2/c1-5-12-22-16-13-14(4)8-9-15(16)19-17(21)18-10-11-20(6-2)7-3/h8-9,13H,5-7,10-12H2,1-4H3,(H2,18,19,21). The molecule has 22 heavy (non-hydrogen) atoms. The van der Waals surface area contributed by atoms with Gasteiger partial charge in [0.05, 0.1) is 12.3 Å². The molecule has 5 heteroatoms. The first-order valence-corrected chi connectivity index (χ1v) is 8.11. The van der Waals surface area contributed by atoms with Crippen molar-refractivity contribution >= 4 is 11.7 Å². The number of rotatable bonds is 9. The van der Waals surface area contributed by atoms with Crippen LogP contribution in [0.15, 0.2) is 18.2 Å². The van der Waals surface area contributed by atoms with Crippen LogP contribution in [0.2, 0.25) is 0 Å². The fraction of sp³-hybridized carbons (Fsp3) is 0.588. The maximum atomic E-state index is 12.0. The summed E-state index contributed by atoms with van der Waals surface area (Å²) in [4.78, 5) is 14.3. The summed E-state index contributed by atoms with van der Waals surface area (Å²) < 4.78 is 5.69. The number of anilines is 1. The second kappa shape index (κ2) is 10.1. The Labute approximate surface area is 134 Å². The Morgan fingerprint density at radius 1 is 1.23 bits per heavy atom. The normalized spacial score (nSPS) is 10.6. The minimum Gasteiger partial charge on any atom is -0.491 e. The van der Waals surface area contributed by atoms with Crippen molar-refractivity contribution in [3.05, 3.63) is 23.8 Å². The van der Waals surface area contributed by atoms with E-state index >= 15 is 0 Å². The average molecular weight is 307 g/mol. The molecule has 0 radical (unpaired) electrons. The van der Waals surface area contributed by atoms with Gasteiger partial charge < -0.3 is 20.3 Å². The third-order valence-corrected chi connectivity index (χ3v) is 3.46. The number of benzene rings is 1. The number of hydrogen-bond donors (Lipinski definition) is 2. The van der Waals surface area contributed by atoms with Crippen molar-refractivity contribution in [1.82, 2.24) is 10.2 Å². The third-order valence-electron chi connectivity index (χ3n) is 3.46. The Balaban J connectivity index is 2.52. The van der Waals surface area contributed by atoms with Crippen LogP contribution in [0.5, 0.6) is 5.75 Å². The molecule has 0 spiro atoms. The lowest BCUT2D eigenvalue weighted by Gasteiger charge is -2.18. The average Bonchev–Trinajstić information content (AvgIpc) is 2.51. The van der Waals surface area contributed by atoms with Crippen molar-refractivity contribution in [2.75, 3.05) is 38.1 Å². The van der Waals surface area contributed by atoms with Crippen LogP contribution in [0, 0.1) is 6.92 Å². The lowest BCUT2D eigenvalue weighted by Crippen LogP contribution is -2.36. The van der Waals surface area contributed by atoms with Crippen LogP contribution in [0.25, 0.3) is 0 Å². The molecule has 5 nitrogen and oxygen atoms in total. The first-order chi connectivity index (χ1) is 10.6. The van der Waals surface area contributed by atoms with E-state index in [4.69, 9.17) is 4.74 Å². The SMILES string of the molecule is CCCOc1cc(C)ccc1NC(=O)NCCN(CC)CC. The van der Waals surface area contributed by atoms with Gasteiger partial charge in [-0.05, 0) is 44.1 Å². The molecule has 0 aliphatic carbocycles. The second-order valence-corrected chi connectivity index (χ2v) is 5.26. The minimum atomic E-state index is -0.197. The summed E-state index contributed by atoms with van der Waals surface area (Å²) in [6.07, 6.45) is 0.934. The molecule has 1 aromatic rings. The van der Waals surface area contributed by atoms with Gasteiger partial charge >= 0.3 is 6.03 Å². The Morgan fingerprint density at radius 2 is 1.95 bits per heavy atom. The maximum absolute atomic E-state index is 12.0. The molecule has 1 rings (SSSR count). The Hall–Kier alpha value is -1.75. The number of aryl methyl sites for hydroxylation is 1. The van der Waals surface area contributed by atoms with E-state index in [0.29, 0.717) is 18.8 Å². The highest BCUT2D eigenvalue weighted by atomic mass is 16.5. The number of urea groups is 1. The second-order valence-electron chi connectivity index (χ2n) is 5.26. The van der Waals surface area contributed by atoms with E-state index in [1.807, 2.05) is 25.1 Å². The number of carbonyl (C=O) groups is 1. The Bertz CT molecular complexity index is 459. The molecule has 0 saturated heterocycles.